The summed E-state index contributed by atoms with van der Waals surface area (Å²) in [6.45, 7) is 4.83. The van der Waals surface area contributed by atoms with Crippen molar-refractivity contribution < 1.29 is 4.79 Å². The zero-order valence-corrected chi connectivity index (χ0v) is 12.7. The van der Waals surface area contributed by atoms with Crippen LogP contribution in [0.4, 0.5) is 0 Å². The summed E-state index contributed by atoms with van der Waals surface area (Å²) in [5.41, 5.74) is 5.19. The van der Waals surface area contributed by atoms with Crippen molar-refractivity contribution in [1.29, 1.82) is 0 Å². The summed E-state index contributed by atoms with van der Waals surface area (Å²) in [5.74, 6) is 0.767. The van der Waals surface area contributed by atoms with E-state index < -0.39 is 5.41 Å². The Morgan fingerprint density at radius 1 is 1.33 bits per heavy atom. The van der Waals surface area contributed by atoms with E-state index in [2.05, 4.69) is 0 Å². The monoisotopic (exact) mass is 270 g/mol. The molecule has 1 fully saturated rings. The van der Waals surface area contributed by atoms with Crippen LogP contribution in [0, 0.1) is 11.3 Å². The van der Waals surface area contributed by atoms with Crippen LogP contribution in [0.15, 0.2) is 0 Å². The second-order valence-corrected chi connectivity index (χ2v) is 5.93. The molecule has 1 amide bonds. The van der Waals surface area contributed by atoms with Gasteiger partial charge in [-0.3, -0.25) is 4.79 Å². The molecule has 0 saturated heterocycles. The van der Waals surface area contributed by atoms with Gasteiger partial charge in [-0.15, -0.1) is 0 Å². The van der Waals surface area contributed by atoms with E-state index in [1.807, 2.05) is 25.8 Å². The van der Waals surface area contributed by atoms with E-state index in [4.69, 9.17) is 18.0 Å². The number of amides is 1. The van der Waals surface area contributed by atoms with E-state index in [0.29, 0.717) is 23.7 Å². The summed E-state index contributed by atoms with van der Waals surface area (Å²) in [7, 11) is 1.89. The van der Waals surface area contributed by atoms with Gasteiger partial charge in [0.05, 0.1) is 10.4 Å². The first-order valence-corrected chi connectivity index (χ1v) is 7.44. The van der Waals surface area contributed by atoms with Gasteiger partial charge in [0.25, 0.3) is 0 Å². The Morgan fingerprint density at radius 2 is 1.83 bits per heavy atom. The highest BCUT2D eigenvalue weighted by Gasteiger charge is 2.40. The molecule has 0 heterocycles. The van der Waals surface area contributed by atoms with Gasteiger partial charge in [0.1, 0.15) is 0 Å². The molecule has 0 radical (unpaired) electrons. The van der Waals surface area contributed by atoms with Crippen LogP contribution in [-0.4, -0.2) is 29.4 Å². The Bertz CT molecular complexity index is 307. The van der Waals surface area contributed by atoms with Crippen molar-refractivity contribution in [2.75, 3.05) is 13.6 Å². The predicted molar refractivity (Wildman–Crippen MR) is 79.4 cm³/mol. The lowest BCUT2D eigenvalue weighted by Crippen LogP contribution is -2.49. The number of hydrogen-bond donors (Lipinski definition) is 1. The minimum atomic E-state index is -0.636. The summed E-state index contributed by atoms with van der Waals surface area (Å²) in [4.78, 5) is 14.8. The van der Waals surface area contributed by atoms with E-state index in [9.17, 15) is 4.79 Å². The fraction of sp³-hybridized carbons (Fsp3) is 0.857. The van der Waals surface area contributed by atoms with Crippen LogP contribution in [0.5, 0.6) is 0 Å². The van der Waals surface area contributed by atoms with Crippen molar-refractivity contribution in [2.24, 2.45) is 17.1 Å². The van der Waals surface area contributed by atoms with E-state index in [1.165, 1.54) is 25.7 Å². The molecule has 18 heavy (non-hydrogen) atoms. The lowest BCUT2D eigenvalue weighted by Gasteiger charge is -2.34. The number of carbonyl (C=O) groups is 1. The molecule has 0 spiro atoms. The first kappa shape index (κ1) is 15.4. The Kier molecular flexibility index (Phi) is 5.57. The number of thiocarbonyl (C=S) groups is 1. The van der Waals surface area contributed by atoms with Crippen LogP contribution in [0.3, 0.4) is 0 Å². The summed E-state index contributed by atoms with van der Waals surface area (Å²) in [5, 5.41) is 0. The van der Waals surface area contributed by atoms with E-state index >= 15 is 0 Å². The molecule has 0 aromatic heterocycles. The third-order valence-corrected chi connectivity index (χ3v) is 4.83. The zero-order valence-electron chi connectivity index (χ0n) is 11.9. The molecular formula is C14H26N2OS. The molecule has 1 aliphatic rings. The van der Waals surface area contributed by atoms with Gasteiger partial charge >= 0.3 is 0 Å². The maximum Gasteiger partial charge on any atom is 0.235 e. The van der Waals surface area contributed by atoms with Gasteiger partial charge in [0, 0.05) is 13.6 Å². The smallest absolute Gasteiger partial charge is 0.235 e. The molecule has 0 unspecified atom stereocenters. The molecular weight excluding hydrogens is 244 g/mol. The van der Waals surface area contributed by atoms with Crippen molar-refractivity contribution in [3.63, 3.8) is 0 Å². The fourth-order valence-corrected chi connectivity index (χ4v) is 3.41. The van der Waals surface area contributed by atoms with Gasteiger partial charge in [-0.25, -0.2) is 0 Å². The molecule has 104 valence electrons. The molecule has 1 aliphatic carbocycles. The van der Waals surface area contributed by atoms with Crippen molar-refractivity contribution in [3.8, 4) is 0 Å². The number of nitrogens with zero attached hydrogens (tertiary/aromatic N) is 1. The third kappa shape index (κ3) is 3.02. The van der Waals surface area contributed by atoms with Crippen molar-refractivity contribution in [3.05, 3.63) is 0 Å². The number of carbonyl (C=O) groups excluding carboxylic acids is 1. The summed E-state index contributed by atoms with van der Waals surface area (Å²) < 4.78 is 0. The van der Waals surface area contributed by atoms with Gasteiger partial charge in [0.15, 0.2) is 0 Å². The van der Waals surface area contributed by atoms with Gasteiger partial charge in [0.2, 0.25) is 5.91 Å². The van der Waals surface area contributed by atoms with Crippen LogP contribution in [0.25, 0.3) is 0 Å². The van der Waals surface area contributed by atoms with Crippen LogP contribution in [0.1, 0.15) is 52.4 Å². The normalized spacial score (nSPS) is 16.8. The number of hydrogen-bond acceptors (Lipinski definition) is 2. The van der Waals surface area contributed by atoms with Crippen molar-refractivity contribution >= 4 is 23.1 Å². The molecule has 1 saturated carbocycles. The number of nitrogens with two attached hydrogens (primary N) is 1. The molecule has 0 aromatic rings. The summed E-state index contributed by atoms with van der Waals surface area (Å²) in [6.07, 6.45) is 6.47. The summed E-state index contributed by atoms with van der Waals surface area (Å²) >= 11 is 5.14. The van der Waals surface area contributed by atoms with Crippen LogP contribution < -0.4 is 5.73 Å². The predicted octanol–water partition coefficient (Wildman–Crippen LogP) is 2.73. The standard InChI is InChI=1S/C14H26N2OS/c1-4-14(5-2,12(15)18)13(17)16(3)10-11-8-6-7-9-11/h11H,4-10H2,1-3H3,(H2,15,18). The molecule has 0 atom stereocenters. The second-order valence-electron chi connectivity index (χ2n) is 5.49. The van der Waals surface area contributed by atoms with Crippen molar-refractivity contribution in [1.82, 2.24) is 4.90 Å². The quantitative estimate of drug-likeness (QED) is 0.755. The average molecular weight is 270 g/mol. The minimum Gasteiger partial charge on any atom is -0.392 e. The molecule has 0 aromatic carbocycles. The van der Waals surface area contributed by atoms with Crippen molar-refractivity contribution in [2.45, 2.75) is 52.4 Å². The topological polar surface area (TPSA) is 46.3 Å². The van der Waals surface area contributed by atoms with E-state index in [0.717, 1.165) is 6.54 Å². The maximum atomic E-state index is 12.6. The van der Waals surface area contributed by atoms with Gasteiger partial charge in [-0.05, 0) is 31.6 Å². The fourth-order valence-electron chi connectivity index (χ4n) is 3.03. The third-order valence-electron chi connectivity index (χ3n) is 4.44. The molecule has 0 aliphatic heterocycles. The Labute approximate surface area is 116 Å². The van der Waals surface area contributed by atoms with E-state index in [-0.39, 0.29) is 5.91 Å². The largest absolute Gasteiger partial charge is 0.392 e. The van der Waals surface area contributed by atoms with Crippen LogP contribution in [-0.2, 0) is 4.79 Å². The highest BCUT2D eigenvalue weighted by Crippen LogP contribution is 2.31. The number of rotatable bonds is 6. The highest BCUT2D eigenvalue weighted by molar-refractivity contribution is 7.80. The molecule has 0 bridgehead atoms. The van der Waals surface area contributed by atoms with Gasteiger partial charge in [-0.1, -0.05) is 38.9 Å². The maximum absolute atomic E-state index is 12.6. The highest BCUT2D eigenvalue weighted by atomic mass is 32.1. The first-order chi connectivity index (χ1) is 8.47. The Morgan fingerprint density at radius 3 is 2.22 bits per heavy atom. The molecule has 3 nitrogen and oxygen atoms in total. The Hall–Kier alpha value is -0.640. The zero-order chi connectivity index (χ0) is 13.8. The summed E-state index contributed by atoms with van der Waals surface area (Å²) in [6, 6.07) is 0. The van der Waals surface area contributed by atoms with Crippen LogP contribution in [0.2, 0.25) is 0 Å². The van der Waals surface area contributed by atoms with Gasteiger partial charge in [-0.2, -0.15) is 0 Å². The SMILES string of the molecule is CCC(CC)(C(=O)N(C)CC1CCCC1)C(N)=S. The minimum absolute atomic E-state index is 0.104. The van der Waals surface area contributed by atoms with Gasteiger partial charge < -0.3 is 10.6 Å². The first-order valence-electron chi connectivity index (χ1n) is 7.03. The molecule has 2 N–H and O–H groups in total. The van der Waals surface area contributed by atoms with Crippen LogP contribution >= 0.6 is 12.2 Å². The average Bonchev–Trinajstić information content (AvgIpc) is 2.83. The van der Waals surface area contributed by atoms with E-state index in [1.54, 1.807) is 0 Å². The Balaban J connectivity index is 2.72. The second kappa shape index (κ2) is 6.50. The lowest BCUT2D eigenvalue weighted by molar-refractivity contribution is -0.137. The lowest BCUT2D eigenvalue weighted by atomic mass is 9.80. The molecule has 1 rings (SSSR count). The molecule has 4 heteroatoms.